The highest BCUT2D eigenvalue weighted by Crippen LogP contribution is 2.15. The summed E-state index contributed by atoms with van der Waals surface area (Å²) in [5.41, 5.74) is 0. The minimum Gasteiger partial charge on any atom is -0.477 e. The number of likely N-dealkylation sites (N-methyl/N-ethyl adjacent to an activating group) is 1. The molecule has 8 heteroatoms. The molecule has 2 atom stereocenters. The van der Waals surface area contributed by atoms with Gasteiger partial charge < -0.3 is 23.8 Å². The van der Waals surface area contributed by atoms with Crippen LogP contribution in [0.5, 0.6) is 0 Å². The lowest BCUT2D eigenvalue weighted by atomic mass is 10.1. The van der Waals surface area contributed by atoms with Crippen molar-refractivity contribution in [1.82, 2.24) is 0 Å². The predicted molar refractivity (Wildman–Crippen MR) is 225 cm³/mol. The monoisotopic (exact) mass is 765 g/mol. The van der Waals surface area contributed by atoms with Gasteiger partial charge in [-0.2, -0.15) is 0 Å². The number of carbonyl (C=O) groups is 3. The first-order valence-corrected chi connectivity index (χ1v) is 22.4. The zero-order chi connectivity index (χ0) is 40.0. The lowest BCUT2D eigenvalue weighted by Crippen LogP contribution is -2.50. The maximum atomic E-state index is 12.7. The second-order valence-corrected chi connectivity index (χ2v) is 16.3. The van der Waals surface area contributed by atoms with Gasteiger partial charge in [0.2, 0.25) is 0 Å². The van der Waals surface area contributed by atoms with Crippen LogP contribution in [0.2, 0.25) is 0 Å². The van der Waals surface area contributed by atoms with Crippen LogP contribution in [-0.2, 0) is 28.6 Å². The van der Waals surface area contributed by atoms with E-state index in [1.165, 1.54) is 122 Å². The number of unbranched alkanes of at least 4 members (excludes halogenated alkanes) is 22. The average molecular weight is 765 g/mol. The van der Waals surface area contributed by atoms with Crippen LogP contribution < -0.4 is 0 Å². The summed E-state index contributed by atoms with van der Waals surface area (Å²) >= 11 is 0. The van der Waals surface area contributed by atoms with Gasteiger partial charge in [-0.05, 0) is 44.9 Å². The topological polar surface area (TPSA) is 99.1 Å². The molecule has 0 aliphatic carbocycles. The van der Waals surface area contributed by atoms with Crippen LogP contribution in [0.1, 0.15) is 200 Å². The number of hydrogen-bond acceptors (Lipinski definition) is 6. The first-order valence-electron chi connectivity index (χ1n) is 22.4. The van der Waals surface area contributed by atoms with Gasteiger partial charge in [-0.25, -0.2) is 4.79 Å². The number of esters is 2. The average Bonchev–Trinajstić information content (AvgIpc) is 3.12. The fourth-order valence-corrected chi connectivity index (χ4v) is 6.59. The van der Waals surface area contributed by atoms with Crippen molar-refractivity contribution in [3.63, 3.8) is 0 Å². The number of carboxylic acids is 1. The SMILES string of the molecule is CCCCC/C=C\C/C=C\CCCCCCCCCCCC(=O)OC(COCCC(C(=O)O)[N+](C)(C)C)COC(=O)CCCCCCCCCCCCC. The van der Waals surface area contributed by atoms with Crippen molar-refractivity contribution >= 4 is 17.9 Å². The van der Waals surface area contributed by atoms with Gasteiger partial charge in [0.1, 0.15) is 6.61 Å². The Balaban J connectivity index is 4.29. The third kappa shape index (κ3) is 35.5. The molecule has 0 aromatic heterocycles. The lowest BCUT2D eigenvalue weighted by Gasteiger charge is -2.31. The third-order valence-electron chi connectivity index (χ3n) is 10.1. The largest absolute Gasteiger partial charge is 0.477 e. The van der Waals surface area contributed by atoms with Gasteiger partial charge >= 0.3 is 17.9 Å². The highest BCUT2D eigenvalue weighted by atomic mass is 16.6. The summed E-state index contributed by atoms with van der Waals surface area (Å²) in [6.07, 6.45) is 40.7. The van der Waals surface area contributed by atoms with E-state index < -0.39 is 18.1 Å². The van der Waals surface area contributed by atoms with Crippen LogP contribution in [0.25, 0.3) is 0 Å². The number of carbonyl (C=O) groups excluding carboxylic acids is 2. The molecular formula is C46H86NO7+. The van der Waals surface area contributed by atoms with Crippen LogP contribution >= 0.6 is 0 Å². The van der Waals surface area contributed by atoms with Gasteiger partial charge in [-0.15, -0.1) is 0 Å². The standard InChI is InChI=1S/C46H85NO7/c1-6-8-10-12-14-16-18-19-20-21-22-23-24-25-27-29-31-33-35-37-45(49)54-42(40-52-39-38-43(46(50)51)47(3,4)5)41-53-44(48)36-34-32-30-28-26-17-15-13-11-9-7-2/h14,16,19-20,42-43H,6-13,15,17-18,21-41H2,1-5H3/p+1/b16-14-,20-19-. The van der Waals surface area contributed by atoms with Gasteiger partial charge in [-0.3, -0.25) is 9.59 Å². The number of allylic oxidation sites excluding steroid dienone is 4. The van der Waals surface area contributed by atoms with E-state index in [1.54, 1.807) is 0 Å². The number of hydrogen-bond donors (Lipinski definition) is 1. The second-order valence-electron chi connectivity index (χ2n) is 16.3. The van der Waals surface area contributed by atoms with E-state index in [2.05, 4.69) is 38.2 Å². The van der Waals surface area contributed by atoms with Crippen LogP contribution in [0, 0.1) is 0 Å². The van der Waals surface area contributed by atoms with Gasteiger partial charge in [0.05, 0.1) is 34.4 Å². The molecule has 2 unspecified atom stereocenters. The van der Waals surface area contributed by atoms with Crippen LogP contribution in [-0.4, -0.2) is 80.6 Å². The summed E-state index contributed by atoms with van der Waals surface area (Å²) < 4.78 is 17.3. The molecule has 0 aliphatic rings. The summed E-state index contributed by atoms with van der Waals surface area (Å²) in [6, 6.07) is -0.612. The van der Waals surface area contributed by atoms with Gasteiger partial charge in [0.25, 0.3) is 0 Å². The van der Waals surface area contributed by atoms with Crippen molar-refractivity contribution in [2.75, 3.05) is 41.0 Å². The molecular weight excluding hydrogens is 679 g/mol. The van der Waals surface area contributed by atoms with E-state index >= 15 is 0 Å². The molecule has 0 amide bonds. The maximum Gasteiger partial charge on any atom is 0.362 e. The fraction of sp³-hybridized carbons (Fsp3) is 0.848. The molecule has 0 radical (unpaired) electrons. The van der Waals surface area contributed by atoms with E-state index in [9.17, 15) is 19.5 Å². The number of carboxylic acid groups (broad SMARTS) is 1. The molecule has 0 fully saturated rings. The number of aliphatic carboxylic acids is 1. The number of nitrogens with zero attached hydrogens (tertiary/aromatic N) is 1. The molecule has 0 saturated carbocycles. The van der Waals surface area contributed by atoms with E-state index in [1.807, 2.05) is 21.1 Å². The van der Waals surface area contributed by atoms with E-state index in [0.29, 0.717) is 19.3 Å². The summed E-state index contributed by atoms with van der Waals surface area (Å²) in [6.45, 7) is 4.71. The summed E-state index contributed by atoms with van der Waals surface area (Å²) in [5.74, 6) is -1.46. The van der Waals surface area contributed by atoms with Crippen LogP contribution in [0.15, 0.2) is 24.3 Å². The van der Waals surface area contributed by atoms with Gasteiger partial charge in [-0.1, -0.05) is 160 Å². The molecule has 0 aliphatic heterocycles. The Hall–Kier alpha value is -2.19. The molecule has 1 N–H and O–H groups in total. The Kier molecular flexibility index (Phi) is 36.2. The van der Waals surface area contributed by atoms with Crippen molar-refractivity contribution in [2.45, 2.75) is 212 Å². The Labute approximate surface area is 332 Å². The predicted octanol–water partition coefficient (Wildman–Crippen LogP) is 12.1. The first-order chi connectivity index (χ1) is 26.1. The minimum absolute atomic E-state index is 0.0485. The normalized spacial score (nSPS) is 13.1. The Bertz CT molecular complexity index is 942. The van der Waals surface area contributed by atoms with Crippen molar-refractivity contribution in [3.05, 3.63) is 24.3 Å². The molecule has 0 aromatic rings. The maximum absolute atomic E-state index is 12.7. The molecule has 0 rings (SSSR count). The highest BCUT2D eigenvalue weighted by Gasteiger charge is 2.31. The Morgan fingerprint density at radius 3 is 1.46 bits per heavy atom. The van der Waals surface area contributed by atoms with Gasteiger partial charge in [0, 0.05) is 19.3 Å². The lowest BCUT2D eigenvalue weighted by molar-refractivity contribution is -0.887. The molecule has 8 nitrogen and oxygen atoms in total. The van der Waals surface area contributed by atoms with E-state index in [-0.39, 0.29) is 36.2 Å². The quantitative estimate of drug-likeness (QED) is 0.0287. The molecule has 0 spiro atoms. The van der Waals surface area contributed by atoms with Crippen molar-refractivity contribution < 1.29 is 38.2 Å². The minimum atomic E-state index is -0.874. The summed E-state index contributed by atoms with van der Waals surface area (Å²) in [7, 11) is 5.53. The van der Waals surface area contributed by atoms with Crippen molar-refractivity contribution in [2.24, 2.45) is 0 Å². The Morgan fingerprint density at radius 2 is 0.981 bits per heavy atom. The smallest absolute Gasteiger partial charge is 0.362 e. The second kappa shape index (κ2) is 37.7. The summed E-state index contributed by atoms with van der Waals surface area (Å²) in [5, 5.41) is 9.61. The first kappa shape index (κ1) is 51.8. The Morgan fingerprint density at radius 1 is 0.556 bits per heavy atom. The highest BCUT2D eigenvalue weighted by molar-refractivity contribution is 5.72. The molecule has 54 heavy (non-hydrogen) atoms. The van der Waals surface area contributed by atoms with Gasteiger partial charge in [0.15, 0.2) is 12.1 Å². The van der Waals surface area contributed by atoms with E-state index in [0.717, 1.165) is 44.9 Å². The molecule has 0 aromatic carbocycles. The van der Waals surface area contributed by atoms with E-state index in [4.69, 9.17) is 14.2 Å². The zero-order valence-corrected chi connectivity index (χ0v) is 35.9. The third-order valence-corrected chi connectivity index (χ3v) is 10.1. The molecule has 0 saturated heterocycles. The number of ether oxygens (including phenoxy) is 3. The molecule has 0 heterocycles. The van der Waals surface area contributed by atoms with Crippen molar-refractivity contribution in [1.29, 1.82) is 0 Å². The van der Waals surface area contributed by atoms with Crippen molar-refractivity contribution in [3.8, 4) is 0 Å². The molecule has 0 bridgehead atoms. The number of quaternary nitrogens is 1. The molecule has 316 valence electrons. The zero-order valence-electron chi connectivity index (χ0n) is 35.9. The van der Waals surface area contributed by atoms with Crippen LogP contribution in [0.3, 0.4) is 0 Å². The fourth-order valence-electron chi connectivity index (χ4n) is 6.59. The van der Waals surface area contributed by atoms with Crippen LogP contribution in [0.4, 0.5) is 0 Å². The summed E-state index contributed by atoms with van der Waals surface area (Å²) in [4.78, 5) is 36.9. The number of rotatable bonds is 40.